The second kappa shape index (κ2) is 7.00. The molecule has 0 aliphatic carbocycles. The molecule has 0 unspecified atom stereocenters. The van der Waals surface area contributed by atoms with Gasteiger partial charge in [0.05, 0.1) is 0 Å². The number of halogens is 1. The Hall–Kier alpha value is -2.08. The summed E-state index contributed by atoms with van der Waals surface area (Å²) in [6.45, 7) is 1.19. The van der Waals surface area contributed by atoms with Crippen LogP contribution >= 0.6 is 11.6 Å². The van der Waals surface area contributed by atoms with E-state index in [1.165, 1.54) is 4.68 Å². The molecule has 2 aromatic rings. The maximum absolute atomic E-state index is 12.1. The molecule has 7 heteroatoms. The van der Waals surface area contributed by atoms with E-state index < -0.39 is 0 Å². The van der Waals surface area contributed by atoms with E-state index in [4.69, 9.17) is 11.6 Å². The average Bonchev–Trinajstić information content (AvgIpc) is 2.86. The van der Waals surface area contributed by atoms with Gasteiger partial charge >= 0.3 is 5.69 Å². The first-order valence-electron chi connectivity index (χ1n) is 7.81. The number of carbonyl (C=O) groups is 1. The van der Waals surface area contributed by atoms with E-state index in [0.717, 1.165) is 37.1 Å². The minimum Gasteiger partial charge on any atom is -0.354 e. The number of fused-ring (bicyclic) bond motifs is 1. The third kappa shape index (κ3) is 3.82. The summed E-state index contributed by atoms with van der Waals surface area (Å²) >= 11 is 5.83. The normalized spacial score (nSPS) is 13.6. The second-order valence-corrected chi connectivity index (χ2v) is 6.13. The summed E-state index contributed by atoms with van der Waals surface area (Å²) < 4.78 is 2.93. The first kappa shape index (κ1) is 15.8. The molecule has 1 aromatic heterocycles. The van der Waals surface area contributed by atoms with E-state index in [-0.39, 0.29) is 18.1 Å². The van der Waals surface area contributed by atoms with Gasteiger partial charge in [-0.2, -0.15) is 5.10 Å². The molecular formula is C16H19ClN4O2. The molecule has 1 aromatic carbocycles. The maximum Gasteiger partial charge on any atom is 0.346 e. The highest BCUT2D eigenvalue weighted by atomic mass is 35.5. The zero-order valence-electron chi connectivity index (χ0n) is 12.8. The average molecular weight is 335 g/mol. The molecular weight excluding hydrogens is 316 g/mol. The summed E-state index contributed by atoms with van der Waals surface area (Å²) in [5.41, 5.74) is 0.914. The van der Waals surface area contributed by atoms with E-state index in [1.54, 1.807) is 4.57 Å². The summed E-state index contributed by atoms with van der Waals surface area (Å²) in [5.74, 6) is 0.590. The largest absolute Gasteiger partial charge is 0.354 e. The summed E-state index contributed by atoms with van der Waals surface area (Å²) in [4.78, 5) is 24.1. The van der Waals surface area contributed by atoms with Crippen molar-refractivity contribution >= 4 is 17.5 Å². The molecule has 2 heterocycles. The Morgan fingerprint density at radius 3 is 2.78 bits per heavy atom. The molecule has 0 bridgehead atoms. The molecule has 0 spiro atoms. The Morgan fingerprint density at radius 2 is 2.04 bits per heavy atom. The summed E-state index contributed by atoms with van der Waals surface area (Å²) in [6.07, 6.45) is 3.56. The van der Waals surface area contributed by atoms with Gasteiger partial charge in [-0.15, -0.1) is 0 Å². The zero-order valence-corrected chi connectivity index (χ0v) is 13.6. The monoisotopic (exact) mass is 334 g/mol. The van der Waals surface area contributed by atoms with Crippen LogP contribution in [-0.4, -0.2) is 26.8 Å². The van der Waals surface area contributed by atoms with Crippen molar-refractivity contribution in [1.29, 1.82) is 0 Å². The fourth-order valence-electron chi connectivity index (χ4n) is 2.74. The minimum absolute atomic E-state index is 0.0283. The lowest BCUT2D eigenvalue weighted by molar-refractivity contribution is -0.121. The molecule has 1 aliphatic heterocycles. The van der Waals surface area contributed by atoms with Crippen LogP contribution in [0.1, 0.15) is 24.2 Å². The van der Waals surface area contributed by atoms with Gasteiger partial charge < -0.3 is 5.32 Å². The number of carbonyl (C=O) groups excluding carboxylic acids is 1. The molecule has 6 nitrogen and oxygen atoms in total. The topological polar surface area (TPSA) is 68.9 Å². The van der Waals surface area contributed by atoms with Gasteiger partial charge in [-0.25, -0.2) is 9.48 Å². The third-order valence-corrected chi connectivity index (χ3v) is 4.23. The quantitative estimate of drug-likeness (QED) is 0.898. The predicted molar refractivity (Wildman–Crippen MR) is 87.6 cm³/mol. The fraction of sp³-hybridized carbons (Fsp3) is 0.438. The van der Waals surface area contributed by atoms with Gasteiger partial charge in [-0.05, 0) is 37.0 Å². The van der Waals surface area contributed by atoms with Gasteiger partial charge in [0, 0.05) is 24.5 Å². The van der Waals surface area contributed by atoms with Crippen molar-refractivity contribution in [2.45, 2.75) is 38.8 Å². The van der Waals surface area contributed by atoms with Crippen LogP contribution in [0.25, 0.3) is 0 Å². The first-order chi connectivity index (χ1) is 11.1. The van der Waals surface area contributed by atoms with Crippen LogP contribution in [0.15, 0.2) is 29.1 Å². The maximum atomic E-state index is 12.1. The van der Waals surface area contributed by atoms with Crippen LogP contribution in [-0.2, 0) is 30.7 Å². The summed E-state index contributed by atoms with van der Waals surface area (Å²) in [5, 5.41) is 7.77. The number of aryl methyl sites for hydroxylation is 1. The van der Waals surface area contributed by atoms with Crippen LogP contribution in [0.2, 0.25) is 5.02 Å². The molecule has 1 aliphatic rings. The number of amides is 1. The summed E-state index contributed by atoms with van der Waals surface area (Å²) in [7, 11) is 0. The lowest BCUT2D eigenvalue weighted by Crippen LogP contribution is -2.34. The van der Waals surface area contributed by atoms with E-state index in [0.29, 0.717) is 18.1 Å². The van der Waals surface area contributed by atoms with Gasteiger partial charge in [0.2, 0.25) is 5.91 Å². The highest BCUT2D eigenvalue weighted by Gasteiger charge is 2.17. The number of rotatable bonds is 5. The lowest BCUT2D eigenvalue weighted by Gasteiger charge is -2.09. The first-order valence-corrected chi connectivity index (χ1v) is 8.19. The number of aromatic nitrogens is 3. The molecule has 3 rings (SSSR count). The summed E-state index contributed by atoms with van der Waals surface area (Å²) in [6, 6.07) is 7.52. The van der Waals surface area contributed by atoms with Crippen LogP contribution in [0.5, 0.6) is 0 Å². The van der Waals surface area contributed by atoms with Crippen molar-refractivity contribution in [3.63, 3.8) is 0 Å². The number of hydrogen-bond acceptors (Lipinski definition) is 3. The highest BCUT2D eigenvalue weighted by molar-refractivity contribution is 6.30. The number of hydrogen-bond donors (Lipinski definition) is 1. The Labute approximate surface area is 139 Å². The second-order valence-electron chi connectivity index (χ2n) is 5.69. The van der Waals surface area contributed by atoms with E-state index in [2.05, 4.69) is 10.4 Å². The van der Waals surface area contributed by atoms with Crippen molar-refractivity contribution in [1.82, 2.24) is 19.7 Å². The van der Waals surface area contributed by atoms with Crippen LogP contribution in [0, 0.1) is 0 Å². The zero-order chi connectivity index (χ0) is 16.2. The Kier molecular flexibility index (Phi) is 4.81. The van der Waals surface area contributed by atoms with E-state index in [9.17, 15) is 9.59 Å². The highest BCUT2D eigenvalue weighted by Crippen LogP contribution is 2.10. The van der Waals surface area contributed by atoms with Crippen molar-refractivity contribution in [2.24, 2.45) is 0 Å². The van der Waals surface area contributed by atoms with Crippen molar-refractivity contribution in [3.05, 3.63) is 51.2 Å². The van der Waals surface area contributed by atoms with Gasteiger partial charge in [-0.3, -0.25) is 9.36 Å². The van der Waals surface area contributed by atoms with Gasteiger partial charge in [-0.1, -0.05) is 23.7 Å². The van der Waals surface area contributed by atoms with Gasteiger partial charge in [0.25, 0.3) is 0 Å². The van der Waals surface area contributed by atoms with E-state index in [1.807, 2.05) is 24.3 Å². The lowest BCUT2D eigenvalue weighted by atomic mass is 10.1. The van der Waals surface area contributed by atoms with Gasteiger partial charge in [0.15, 0.2) is 0 Å². The molecule has 0 atom stereocenters. The van der Waals surface area contributed by atoms with Crippen molar-refractivity contribution in [3.8, 4) is 0 Å². The Morgan fingerprint density at radius 1 is 1.26 bits per heavy atom. The molecule has 0 radical (unpaired) electrons. The molecule has 1 amide bonds. The molecule has 0 fully saturated rings. The van der Waals surface area contributed by atoms with Crippen LogP contribution < -0.4 is 11.0 Å². The Balaban J connectivity index is 1.52. The fourth-order valence-corrected chi connectivity index (χ4v) is 2.87. The van der Waals surface area contributed by atoms with Crippen molar-refractivity contribution in [2.75, 3.05) is 6.54 Å². The molecule has 1 N–H and O–H groups in total. The molecule has 122 valence electrons. The SMILES string of the molecule is O=C(Cn1nc2n(c1=O)CCCC2)NCCc1ccc(Cl)cc1. The number of benzene rings is 1. The van der Waals surface area contributed by atoms with E-state index >= 15 is 0 Å². The molecule has 0 saturated carbocycles. The predicted octanol–water partition coefficient (Wildman–Crippen LogP) is 1.39. The van der Waals surface area contributed by atoms with Crippen LogP contribution in [0.3, 0.4) is 0 Å². The van der Waals surface area contributed by atoms with Gasteiger partial charge in [0.1, 0.15) is 12.4 Å². The Bertz CT molecular complexity index is 748. The smallest absolute Gasteiger partial charge is 0.346 e. The third-order valence-electron chi connectivity index (χ3n) is 3.97. The van der Waals surface area contributed by atoms with Crippen LogP contribution in [0.4, 0.5) is 0 Å². The van der Waals surface area contributed by atoms with Crippen molar-refractivity contribution < 1.29 is 4.79 Å². The number of nitrogens with zero attached hydrogens (tertiary/aromatic N) is 3. The minimum atomic E-state index is -0.198. The molecule has 0 saturated heterocycles. The standard InChI is InChI=1S/C16H19ClN4O2/c17-13-6-4-12(5-7-13)8-9-18-15(22)11-21-16(23)20-10-2-1-3-14(20)19-21/h4-7H,1-3,8-11H2,(H,18,22). The number of nitrogens with one attached hydrogen (secondary N) is 1. The molecule has 23 heavy (non-hydrogen) atoms.